The lowest BCUT2D eigenvalue weighted by Gasteiger charge is -2.11. The van der Waals surface area contributed by atoms with Gasteiger partial charge in [0.05, 0.1) is 38.2 Å². The zero-order valence-electron chi connectivity index (χ0n) is 16.1. The van der Waals surface area contributed by atoms with Gasteiger partial charge < -0.3 is 25.3 Å². The van der Waals surface area contributed by atoms with Crippen LogP contribution in [0, 0.1) is 0 Å². The van der Waals surface area contributed by atoms with Crippen LogP contribution in [0.2, 0.25) is 0 Å². The minimum absolute atomic E-state index is 0.324. The number of anilines is 2. The molecule has 7 nitrogen and oxygen atoms in total. The molecule has 0 aliphatic carbocycles. The molecule has 3 N–H and O–H groups in total. The number of ether oxygens (including phenoxy) is 3. The van der Waals surface area contributed by atoms with Crippen LogP contribution in [0.3, 0.4) is 0 Å². The van der Waals surface area contributed by atoms with Crippen molar-refractivity contribution in [2.24, 2.45) is 0 Å². The Labute approximate surface area is 171 Å². The van der Waals surface area contributed by atoms with Crippen molar-refractivity contribution in [2.45, 2.75) is 0 Å². The van der Waals surface area contributed by atoms with Crippen molar-refractivity contribution in [1.29, 1.82) is 0 Å². The zero-order chi connectivity index (χ0) is 20.5. The van der Waals surface area contributed by atoms with E-state index in [9.17, 15) is 4.79 Å². The van der Waals surface area contributed by atoms with Crippen LogP contribution in [0.4, 0.5) is 11.4 Å². The predicted molar refractivity (Wildman–Crippen MR) is 116 cm³/mol. The van der Waals surface area contributed by atoms with Gasteiger partial charge in [0, 0.05) is 16.8 Å². The van der Waals surface area contributed by atoms with Crippen LogP contribution in [0.15, 0.2) is 42.5 Å². The molecule has 4 aromatic rings. The lowest BCUT2D eigenvalue weighted by molar-refractivity contribution is 0.103. The molecule has 0 saturated heterocycles. The highest BCUT2D eigenvalue weighted by Gasteiger charge is 2.19. The Bertz CT molecular complexity index is 1240. The second kappa shape index (κ2) is 7.48. The number of thiophene rings is 1. The lowest BCUT2D eigenvalue weighted by atomic mass is 10.1. The number of rotatable bonds is 5. The summed E-state index contributed by atoms with van der Waals surface area (Å²) in [4.78, 5) is 18.6. The number of benzene rings is 2. The highest BCUT2D eigenvalue weighted by Crippen LogP contribution is 2.36. The molecule has 0 unspecified atom stereocenters. The summed E-state index contributed by atoms with van der Waals surface area (Å²) in [6.07, 6.45) is 0. The highest BCUT2D eigenvalue weighted by atomic mass is 32.1. The number of nitrogens with zero attached hydrogens (tertiary/aromatic N) is 1. The zero-order valence-corrected chi connectivity index (χ0v) is 16.9. The van der Waals surface area contributed by atoms with Gasteiger partial charge in [-0.2, -0.15) is 0 Å². The minimum atomic E-state index is -0.324. The maximum atomic E-state index is 12.9. The van der Waals surface area contributed by atoms with Gasteiger partial charge in [0.1, 0.15) is 27.0 Å². The standard InChI is InChI=1S/C21H19N3O4S/c1-26-12-4-6-15-11(8-12)9-14-18(22)19(29-21(14)24-15)20(25)23-16-7-5-13(27-2)10-17(16)28-3/h4-10H,22H2,1-3H3,(H,23,25). The van der Waals surface area contributed by atoms with Crippen LogP contribution < -0.4 is 25.3 Å². The van der Waals surface area contributed by atoms with Crippen molar-refractivity contribution < 1.29 is 19.0 Å². The van der Waals surface area contributed by atoms with E-state index in [0.29, 0.717) is 32.6 Å². The summed E-state index contributed by atoms with van der Waals surface area (Å²) in [5.74, 6) is 1.54. The van der Waals surface area contributed by atoms with Crippen molar-refractivity contribution in [3.05, 3.63) is 47.3 Å². The topological polar surface area (TPSA) is 95.7 Å². The molecule has 8 heteroatoms. The molecule has 0 bridgehead atoms. The number of carbonyl (C=O) groups is 1. The first-order valence-corrected chi connectivity index (χ1v) is 9.56. The van der Waals surface area contributed by atoms with Crippen LogP contribution >= 0.6 is 11.3 Å². The maximum Gasteiger partial charge on any atom is 0.268 e. The van der Waals surface area contributed by atoms with Crippen LogP contribution in [0.5, 0.6) is 17.2 Å². The number of nitrogens with two attached hydrogens (primary N) is 1. The van der Waals surface area contributed by atoms with E-state index in [1.807, 2.05) is 24.3 Å². The predicted octanol–water partition coefficient (Wildman–Crippen LogP) is 4.31. The van der Waals surface area contributed by atoms with Gasteiger partial charge in [-0.3, -0.25) is 4.79 Å². The van der Waals surface area contributed by atoms with Gasteiger partial charge in [0.25, 0.3) is 5.91 Å². The molecule has 2 aromatic carbocycles. The average molecular weight is 409 g/mol. The number of carbonyl (C=O) groups excluding carboxylic acids is 1. The number of methoxy groups -OCH3 is 3. The molecule has 0 aliphatic rings. The fourth-order valence-electron chi connectivity index (χ4n) is 3.06. The number of hydrogen-bond donors (Lipinski definition) is 2. The number of aromatic nitrogens is 1. The monoisotopic (exact) mass is 409 g/mol. The van der Waals surface area contributed by atoms with E-state index < -0.39 is 0 Å². The Kier molecular flexibility index (Phi) is 4.85. The number of nitrogen functional groups attached to an aromatic ring is 1. The molecule has 2 heterocycles. The SMILES string of the molecule is COc1ccc(NC(=O)c2sc3nc4ccc(OC)cc4cc3c2N)c(OC)c1. The molecular formula is C21H19N3O4S. The second-order valence-corrected chi connectivity index (χ2v) is 7.26. The van der Waals surface area contributed by atoms with Gasteiger partial charge in [-0.15, -0.1) is 11.3 Å². The first-order valence-electron chi connectivity index (χ1n) is 8.74. The van der Waals surface area contributed by atoms with Gasteiger partial charge in [-0.05, 0) is 36.4 Å². The van der Waals surface area contributed by atoms with E-state index in [0.717, 1.165) is 22.0 Å². The van der Waals surface area contributed by atoms with E-state index in [1.54, 1.807) is 32.4 Å². The fraction of sp³-hybridized carbons (Fsp3) is 0.143. The van der Waals surface area contributed by atoms with Gasteiger partial charge >= 0.3 is 0 Å². The van der Waals surface area contributed by atoms with Crippen molar-refractivity contribution >= 4 is 49.7 Å². The van der Waals surface area contributed by atoms with Crippen molar-refractivity contribution in [2.75, 3.05) is 32.4 Å². The Morgan fingerprint density at radius 2 is 1.72 bits per heavy atom. The van der Waals surface area contributed by atoms with Gasteiger partial charge in [0.15, 0.2) is 0 Å². The third kappa shape index (κ3) is 3.38. The summed E-state index contributed by atoms with van der Waals surface area (Å²) in [5, 5.41) is 4.49. The number of hydrogen-bond acceptors (Lipinski definition) is 7. The van der Waals surface area contributed by atoms with Gasteiger partial charge in [-0.25, -0.2) is 4.98 Å². The first-order chi connectivity index (χ1) is 14.0. The summed E-state index contributed by atoms with van der Waals surface area (Å²) >= 11 is 1.25. The molecule has 0 atom stereocenters. The fourth-order valence-corrected chi connectivity index (χ4v) is 4.04. The normalized spacial score (nSPS) is 10.9. The molecule has 4 rings (SSSR count). The van der Waals surface area contributed by atoms with Crippen LogP contribution in [-0.2, 0) is 0 Å². The van der Waals surface area contributed by atoms with E-state index in [4.69, 9.17) is 19.9 Å². The van der Waals surface area contributed by atoms with E-state index in [2.05, 4.69) is 10.3 Å². The molecule has 0 saturated carbocycles. The molecule has 0 aliphatic heterocycles. The summed E-state index contributed by atoms with van der Waals surface area (Å²) < 4.78 is 15.8. The van der Waals surface area contributed by atoms with Gasteiger partial charge in [-0.1, -0.05) is 0 Å². The van der Waals surface area contributed by atoms with Crippen LogP contribution in [0.25, 0.3) is 21.1 Å². The Morgan fingerprint density at radius 1 is 1.00 bits per heavy atom. The number of amides is 1. The van der Waals surface area contributed by atoms with Crippen LogP contribution in [0.1, 0.15) is 9.67 Å². The van der Waals surface area contributed by atoms with Crippen LogP contribution in [-0.4, -0.2) is 32.2 Å². The second-order valence-electron chi connectivity index (χ2n) is 6.26. The van der Waals surface area contributed by atoms with Crippen molar-refractivity contribution in [3.63, 3.8) is 0 Å². The number of nitrogens with one attached hydrogen (secondary N) is 1. The van der Waals surface area contributed by atoms with Crippen molar-refractivity contribution in [1.82, 2.24) is 4.98 Å². The summed E-state index contributed by atoms with van der Waals surface area (Å²) in [5.41, 5.74) is 8.03. The molecule has 1 amide bonds. The number of pyridine rings is 1. The summed E-state index contributed by atoms with van der Waals surface area (Å²) in [6, 6.07) is 12.7. The molecular weight excluding hydrogens is 390 g/mol. The molecule has 29 heavy (non-hydrogen) atoms. The Morgan fingerprint density at radius 3 is 2.45 bits per heavy atom. The number of fused-ring (bicyclic) bond motifs is 2. The molecule has 0 radical (unpaired) electrons. The van der Waals surface area contributed by atoms with Crippen molar-refractivity contribution in [3.8, 4) is 17.2 Å². The lowest BCUT2D eigenvalue weighted by Crippen LogP contribution is -2.12. The molecule has 0 spiro atoms. The first kappa shape index (κ1) is 18.8. The van der Waals surface area contributed by atoms with E-state index in [-0.39, 0.29) is 5.91 Å². The quantitative estimate of drug-likeness (QED) is 0.510. The highest BCUT2D eigenvalue weighted by molar-refractivity contribution is 7.21. The molecule has 148 valence electrons. The Hall–Kier alpha value is -3.52. The van der Waals surface area contributed by atoms with E-state index >= 15 is 0 Å². The summed E-state index contributed by atoms with van der Waals surface area (Å²) in [7, 11) is 4.71. The minimum Gasteiger partial charge on any atom is -0.497 e. The molecule has 2 aromatic heterocycles. The third-order valence-electron chi connectivity index (χ3n) is 4.58. The summed E-state index contributed by atoms with van der Waals surface area (Å²) in [6.45, 7) is 0. The molecule has 0 fully saturated rings. The Balaban J connectivity index is 1.72. The third-order valence-corrected chi connectivity index (χ3v) is 5.70. The largest absolute Gasteiger partial charge is 0.497 e. The maximum absolute atomic E-state index is 12.9. The smallest absolute Gasteiger partial charge is 0.268 e. The average Bonchev–Trinajstić information content (AvgIpc) is 3.07. The van der Waals surface area contributed by atoms with E-state index in [1.165, 1.54) is 18.4 Å². The van der Waals surface area contributed by atoms with Gasteiger partial charge in [0.2, 0.25) is 0 Å².